The maximum Gasteiger partial charge on any atom is 0.124 e. The number of aliphatic hydroxyl groups is 1. The number of hydrogen-bond donors (Lipinski definition) is 1. The molecule has 0 atom stereocenters. The van der Waals surface area contributed by atoms with Gasteiger partial charge in [0.05, 0.1) is 6.61 Å². The van der Waals surface area contributed by atoms with Crippen molar-refractivity contribution >= 4 is 0 Å². The zero-order valence-electron chi connectivity index (χ0n) is 9.78. The van der Waals surface area contributed by atoms with Crippen LogP contribution in [0.5, 0.6) is 0 Å². The minimum Gasteiger partial charge on any atom is -0.392 e. The van der Waals surface area contributed by atoms with E-state index in [1.54, 1.807) is 6.07 Å². The number of rotatable bonds is 3. The molecule has 0 saturated heterocycles. The van der Waals surface area contributed by atoms with Crippen molar-refractivity contribution in [2.75, 3.05) is 0 Å². The molecule has 0 aromatic heterocycles. The van der Waals surface area contributed by atoms with Crippen LogP contribution in [-0.2, 0) is 13.0 Å². The fourth-order valence-electron chi connectivity index (χ4n) is 1.87. The zero-order chi connectivity index (χ0) is 12.3. The van der Waals surface area contributed by atoms with E-state index in [1.807, 2.05) is 37.3 Å². The third kappa shape index (κ3) is 2.71. The van der Waals surface area contributed by atoms with Gasteiger partial charge in [-0.2, -0.15) is 0 Å². The molecule has 88 valence electrons. The highest BCUT2D eigenvalue weighted by molar-refractivity contribution is 5.65. The van der Waals surface area contributed by atoms with Crippen LogP contribution in [0.15, 0.2) is 42.5 Å². The van der Waals surface area contributed by atoms with Crippen molar-refractivity contribution < 1.29 is 9.50 Å². The van der Waals surface area contributed by atoms with Crippen molar-refractivity contribution in [3.05, 3.63) is 59.4 Å². The normalized spacial score (nSPS) is 10.5. The van der Waals surface area contributed by atoms with Crippen LogP contribution in [0.2, 0.25) is 0 Å². The van der Waals surface area contributed by atoms with Crippen LogP contribution in [0.3, 0.4) is 0 Å². The summed E-state index contributed by atoms with van der Waals surface area (Å²) in [4.78, 5) is 0. The molecule has 17 heavy (non-hydrogen) atoms. The van der Waals surface area contributed by atoms with Crippen molar-refractivity contribution in [3.63, 3.8) is 0 Å². The van der Waals surface area contributed by atoms with E-state index in [4.69, 9.17) is 5.11 Å². The SMILES string of the molecule is CCc1cc(F)cc(-c2cccc(CO)c2)c1. The van der Waals surface area contributed by atoms with Gasteiger partial charge in [0.15, 0.2) is 0 Å². The molecule has 0 fully saturated rings. The van der Waals surface area contributed by atoms with E-state index in [2.05, 4.69) is 0 Å². The second-order valence-electron chi connectivity index (χ2n) is 4.06. The van der Waals surface area contributed by atoms with Gasteiger partial charge < -0.3 is 5.11 Å². The molecule has 1 nitrogen and oxygen atoms in total. The minimum absolute atomic E-state index is 0.00376. The van der Waals surface area contributed by atoms with E-state index in [9.17, 15) is 4.39 Å². The summed E-state index contributed by atoms with van der Waals surface area (Å²) in [6.07, 6.45) is 0.810. The number of hydrogen-bond acceptors (Lipinski definition) is 1. The summed E-state index contributed by atoms with van der Waals surface area (Å²) in [6.45, 7) is 2.01. The summed E-state index contributed by atoms with van der Waals surface area (Å²) in [7, 11) is 0. The second kappa shape index (κ2) is 5.11. The lowest BCUT2D eigenvalue weighted by atomic mass is 10.0. The zero-order valence-corrected chi connectivity index (χ0v) is 9.78. The monoisotopic (exact) mass is 230 g/mol. The van der Waals surface area contributed by atoms with E-state index in [0.717, 1.165) is 28.7 Å². The summed E-state index contributed by atoms with van der Waals surface area (Å²) >= 11 is 0. The van der Waals surface area contributed by atoms with E-state index >= 15 is 0 Å². The Hall–Kier alpha value is -1.67. The summed E-state index contributed by atoms with van der Waals surface area (Å²) in [5.41, 5.74) is 3.61. The molecule has 0 aliphatic rings. The molecule has 0 bridgehead atoms. The molecule has 0 radical (unpaired) electrons. The minimum atomic E-state index is -0.214. The van der Waals surface area contributed by atoms with Gasteiger partial charge in [0.25, 0.3) is 0 Å². The Bertz CT molecular complexity index is 520. The third-order valence-electron chi connectivity index (χ3n) is 2.81. The largest absolute Gasteiger partial charge is 0.392 e. The molecule has 0 saturated carbocycles. The standard InChI is InChI=1S/C15H15FO/c1-2-11-6-14(9-15(16)8-11)13-5-3-4-12(7-13)10-17/h3-9,17H,2,10H2,1H3. The highest BCUT2D eigenvalue weighted by atomic mass is 19.1. The van der Waals surface area contributed by atoms with Crippen molar-refractivity contribution in [2.24, 2.45) is 0 Å². The summed E-state index contributed by atoms with van der Waals surface area (Å²) in [6, 6.07) is 12.6. The molecule has 2 aromatic rings. The summed E-state index contributed by atoms with van der Waals surface area (Å²) < 4.78 is 13.4. The van der Waals surface area contributed by atoms with Crippen molar-refractivity contribution in [3.8, 4) is 11.1 Å². The van der Waals surface area contributed by atoms with Gasteiger partial charge in [0, 0.05) is 0 Å². The van der Waals surface area contributed by atoms with Gasteiger partial charge in [0.1, 0.15) is 5.82 Å². The lowest BCUT2D eigenvalue weighted by Crippen LogP contribution is -1.88. The predicted molar refractivity (Wildman–Crippen MR) is 67.1 cm³/mol. The highest BCUT2D eigenvalue weighted by Crippen LogP contribution is 2.23. The van der Waals surface area contributed by atoms with Gasteiger partial charge in [-0.25, -0.2) is 4.39 Å². The van der Waals surface area contributed by atoms with E-state index < -0.39 is 0 Å². The highest BCUT2D eigenvalue weighted by Gasteiger charge is 2.03. The topological polar surface area (TPSA) is 20.2 Å². The van der Waals surface area contributed by atoms with Crippen LogP contribution < -0.4 is 0 Å². The second-order valence-corrected chi connectivity index (χ2v) is 4.06. The van der Waals surface area contributed by atoms with Gasteiger partial charge in [-0.1, -0.05) is 31.2 Å². The third-order valence-corrected chi connectivity index (χ3v) is 2.81. The fraction of sp³-hybridized carbons (Fsp3) is 0.200. The first kappa shape index (κ1) is 11.8. The number of benzene rings is 2. The van der Waals surface area contributed by atoms with Crippen LogP contribution in [0.25, 0.3) is 11.1 Å². The molecule has 2 rings (SSSR count). The van der Waals surface area contributed by atoms with Crippen LogP contribution in [0.1, 0.15) is 18.1 Å². The first-order valence-corrected chi connectivity index (χ1v) is 5.72. The Labute approximate surface area is 101 Å². The maximum atomic E-state index is 13.4. The Morgan fingerprint density at radius 2 is 1.76 bits per heavy atom. The molecule has 0 aliphatic carbocycles. The Kier molecular flexibility index (Phi) is 3.55. The summed E-state index contributed by atoms with van der Waals surface area (Å²) in [5, 5.41) is 9.09. The molecule has 1 N–H and O–H groups in total. The molecule has 0 aliphatic heterocycles. The lowest BCUT2D eigenvalue weighted by molar-refractivity contribution is 0.282. The Morgan fingerprint density at radius 1 is 1.00 bits per heavy atom. The van der Waals surface area contributed by atoms with E-state index in [-0.39, 0.29) is 12.4 Å². The predicted octanol–water partition coefficient (Wildman–Crippen LogP) is 3.55. The lowest BCUT2D eigenvalue weighted by Gasteiger charge is -2.06. The van der Waals surface area contributed by atoms with E-state index in [0.29, 0.717) is 0 Å². The van der Waals surface area contributed by atoms with Crippen molar-refractivity contribution in [2.45, 2.75) is 20.0 Å². The average molecular weight is 230 g/mol. The van der Waals surface area contributed by atoms with Crippen molar-refractivity contribution in [1.29, 1.82) is 0 Å². The Balaban J connectivity index is 2.47. The first-order valence-electron chi connectivity index (χ1n) is 5.72. The van der Waals surface area contributed by atoms with Gasteiger partial charge in [-0.05, 0) is 46.9 Å². The van der Waals surface area contributed by atoms with Crippen LogP contribution >= 0.6 is 0 Å². The van der Waals surface area contributed by atoms with Crippen molar-refractivity contribution in [1.82, 2.24) is 0 Å². The molecular weight excluding hydrogens is 215 g/mol. The van der Waals surface area contributed by atoms with Crippen LogP contribution in [0, 0.1) is 5.82 Å². The molecule has 2 heteroatoms. The average Bonchev–Trinajstić information content (AvgIpc) is 2.38. The molecule has 2 aromatic carbocycles. The quantitative estimate of drug-likeness (QED) is 0.855. The van der Waals surface area contributed by atoms with Gasteiger partial charge in [-0.3, -0.25) is 0 Å². The molecule has 0 spiro atoms. The molecule has 0 heterocycles. The van der Waals surface area contributed by atoms with Crippen LogP contribution in [-0.4, -0.2) is 5.11 Å². The molecular formula is C15H15FO. The molecule has 0 unspecified atom stereocenters. The number of halogens is 1. The number of aliphatic hydroxyl groups excluding tert-OH is 1. The van der Waals surface area contributed by atoms with Crippen LogP contribution in [0.4, 0.5) is 4.39 Å². The van der Waals surface area contributed by atoms with Gasteiger partial charge in [0.2, 0.25) is 0 Å². The summed E-state index contributed by atoms with van der Waals surface area (Å²) in [5.74, 6) is -0.214. The smallest absolute Gasteiger partial charge is 0.124 e. The van der Waals surface area contributed by atoms with E-state index in [1.165, 1.54) is 6.07 Å². The fourth-order valence-corrected chi connectivity index (χ4v) is 1.87. The van der Waals surface area contributed by atoms with Gasteiger partial charge in [-0.15, -0.1) is 0 Å². The van der Waals surface area contributed by atoms with Gasteiger partial charge >= 0.3 is 0 Å². The molecule has 0 amide bonds. The number of aryl methyl sites for hydroxylation is 1. The first-order chi connectivity index (χ1) is 8.22. The maximum absolute atomic E-state index is 13.4. The Morgan fingerprint density at radius 3 is 2.47 bits per heavy atom.